The molecule has 0 aromatic carbocycles. The Morgan fingerprint density at radius 1 is 0.739 bits per heavy atom. The highest BCUT2D eigenvalue weighted by Gasteiger charge is 1.89. The lowest BCUT2D eigenvalue weighted by Crippen LogP contribution is -1.93. The highest BCUT2D eigenvalue weighted by atomic mass is 16.5. The van der Waals surface area contributed by atoms with Gasteiger partial charge in [-0.1, -0.05) is 62.3 Å². The van der Waals surface area contributed by atoms with Crippen molar-refractivity contribution in [3.63, 3.8) is 0 Å². The fourth-order valence-corrected chi connectivity index (χ4v) is 2.06. The molecule has 2 heteroatoms. The summed E-state index contributed by atoms with van der Waals surface area (Å²) >= 11 is 0. The molecule has 0 aliphatic carbocycles. The van der Waals surface area contributed by atoms with E-state index in [1.807, 2.05) is 6.08 Å². The molecule has 0 atom stereocenters. The van der Waals surface area contributed by atoms with Crippen LogP contribution in [0.25, 0.3) is 0 Å². The predicted molar refractivity (Wildman–Crippen MR) is 100 cm³/mol. The van der Waals surface area contributed by atoms with Crippen molar-refractivity contribution in [2.75, 3.05) is 7.11 Å². The Kier molecular flexibility index (Phi) is 17.2. The molecule has 2 nitrogen and oxygen atoms in total. The van der Waals surface area contributed by atoms with Gasteiger partial charge in [-0.05, 0) is 51.4 Å². The standard InChI is InChI=1S/C21H34O2/c1-3-4-5-6-7-8-9-10-11-12-13-14-15-16-17-18-19-20-21(22)23-2/h7-8,10-11,13-14,19-20H,3-6,9,12,15-18H2,1-2H3/b8-7-,11-10-,14-13-,20-19+. The molecule has 0 N–H and O–H groups in total. The van der Waals surface area contributed by atoms with Crippen molar-refractivity contribution in [1.29, 1.82) is 0 Å². The topological polar surface area (TPSA) is 26.3 Å². The molecule has 0 heterocycles. The Balaban J connectivity index is 3.38. The third-order valence-electron chi connectivity index (χ3n) is 3.47. The van der Waals surface area contributed by atoms with E-state index in [4.69, 9.17) is 0 Å². The lowest BCUT2D eigenvalue weighted by atomic mass is 10.1. The van der Waals surface area contributed by atoms with E-state index in [1.54, 1.807) is 0 Å². The zero-order valence-corrected chi connectivity index (χ0v) is 15.0. The number of allylic oxidation sites excluding steroid dienone is 7. The molecule has 0 aromatic rings. The number of ether oxygens (including phenoxy) is 1. The zero-order chi connectivity index (χ0) is 17.0. The molecular weight excluding hydrogens is 284 g/mol. The molecule has 0 fully saturated rings. The van der Waals surface area contributed by atoms with Crippen LogP contribution in [-0.2, 0) is 9.53 Å². The van der Waals surface area contributed by atoms with E-state index in [-0.39, 0.29) is 5.97 Å². The summed E-state index contributed by atoms with van der Waals surface area (Å²) in [7, 11) is 1.40. The van der Waals surface area contributed by atoms with Gasteiger partial charge in [0.15, 0.2) is 0 Å². The van der Waals surface area contributed by atoms with E-state index in [9.17, 15) is 4.79 Å². The second-order valence-corrected chi connectivity index (χ2v) is 5.59. The van der Waals surface area contributed by atoms with Crippen LogP contribution in [0.1, 0.15) is 71.1 Å². The quantitative estimate of drug-likeness (QED) is 0.162. The van der Waals surface area contributed by atoms with Gasteiger partial charge in [-0.2, -0.15) is 0 Å². The molecule has 0 spiro atoms. The number of esters is 1. The summed E-state index contributed by atoms with van der Waals surface area (Å²) in [6.07, 6.45) is 28.4. The van der Waals surface area contributed by atoms with E-state index >= 15 is 0 Å². The van der Waals surface area contributed by atoms with Crippen molar-refractivity contribution in [2.24, 2.45) is 0 Å². The number of carbonyl (C=O) groups excluding carboxylic acids is 1. The maximum atomic E-state index is 10.8. The summed E-state index contributed by atoms with van der Waals surface area (Å²) in [5.74, 6) is -0.271. The minimum absolute atomic E-state index is 0.271. The van der Waals surface area contributed by atoms with Gasteiger partial charge >= 0.3 is 5.97 Å². The molecule has 0 bridgehead atoms. The van der Waals surface area contributed by atoms with E-state index < -0.39 is 0 Å². The number of methoxy groups -OCH3 is 1. The predicted octanol–water partition coefficient (Wildman–Crippen LogP) is 6.31. The molecule has 0 aromatic heterocycles. The Bertz CT molecular complexity index is 375. The first-order chi connectivity index (χ1) is 11.3. The van der Waals surface area contributed by atoms with Crippen molar-refractivity contribution in [1.82, 2.24) is 0 Å². The highest BCUT2D eigenvalue weighted by Crippen LogP contribution is 2.03. The molecule has 0 radical (unpaired) electrons. The lowest BCUT2D eigenvalue weighted by Gasteiger charge is -1.93. The molecule has 0 saturated carbocycles. The minimum Gasteiger partial charge on any atom is -0.466 e. The van der Waals surface area contributed by atoms with Gasteiger partial charge in [-0.15, -0.1) is 0 Å². The smallest absolute Gasteiger partial charge is 0.330 e. The Morgan fingerprint density at radius 2 is 1.22 bits per heavy atom. The molecule has 0 amide bonds. The van der Waals surface area contributed by atoms with Crippen LogP contribution in [0.2, 0.25) is 0 Å². The van der Waals surface area contributed by atoms with Crippen molar-refractivity contribution < 1.29 is 9.53 Å². The molecule has 0 unspecified atom stereocenters. The van der Waals surface area contributed by atoms with Gasteiger partial charge in [0.2, 0.25) is 0 Å². The third kappa shape index (κ3) is 18.4. The number of hydrogen-bond donors (Lipinski definition) is 0. The Hall–Kier alpha value is -1.57. The fourth-order valence-electron chi connectivity index (χ4n) is 2.06. The molecule has 130 valence electrons. The van der Waals surface area contributed by atoms with Gasteiger partial charge in [-0.25, -0.2) is 4.79 Å². The SMILES string of the molecule is CCCCC/C=C\C/C=C\C/C=C\CCCC/C=C/C(=O)OC. The normalized spacial score (nSPS) is 12.3. The summed E-state index contributed by atoms with van der Waals surface area (Å²) < 4.78 is 4.53. The van der Waals surface area contributed by atoms with Crippen molar-refractivity contribution in [2.45, 2.75) is 71.1 Å². The van der Waals surface area contributed by atoms with Crippen molar-refractivity contribution in [3.05, 3.63) is 48.6 Å². The minimum atomic E-state index is -0.271. The summed E-state index contributed by atoms with van der Waals surface area (Å²) in [4.78, 5) is 10.8. The van der Waals surface area contributed by atoms with Crippen molar-refractivity contribution >= 4 is 5.97 Å². The first kappa shape index (κ1) is 21.4. The summed E-state index contributed by atoms with van der Waals surface area (Å²) in [5.41, 5.74) is 0. The largest absolute Gasteiger partial charge is 0.466 e. The monoisotopic (exact) mass is 318 g/mol. The Morgan fingerprint density at radius 3 is 1.74 bits per heavy atom. The summed E-state index contributed by atoms with van der Waals surface area (Å²) in [5, 5.41) is 0. The molecule has 0 aliphatic rings. The number of carbonyl (C=O) groups is 1. The zero-order valence-electron chi connectivity index (χ0n) is 15.0. The van der Waals surface area contributed by atoms with Gasteiger partial charge in [0.25, 0.3) is 0 Å². The van der Waals surface area contributed by atoms with Crippen LogP contribution >= 0.6 is 0 Å². The Labute approximate surface area is 143 Å². The van der Waals surface area contributed by atoms with Crippen LogP contribution in [0.5, 0.6) is 0 Å². The lowest BCUT2D eigenvalue weighted by molar-refractivity contribution is -0.134. The van der Waals surface area contributed by atoms with Gasteiger partial charge < -0.3 is 4.74 Å². The number of rotatable bonds is 14. The maximum Gasteiger partial charge on any atom is 0.330 e. The average molecular weight is 319 g/mol. The fraction of sp³-hybridized carbons (Fsp3) is 0.571. The highest BCUT2D eigenvalue weighted by molar-refractivity contribution is 5.81. The van der Waals surface area contributed by atoms with Gasteiger partial charge in [-0.3, -0.25) is 0 Å². The first-order valence-electron chi connectivity index (χ1n) is 9.00. The molecule has 0 aliphatic heterocycles. The molecular formula is C21H34O2. The molecule has 0 saturated heterocycles. The number of unbranched alkanes of at least 4 members (excludes halogenated alkanes) is 6. The van der Waals surface area contributed by atoms with Crippen LogP contribution in [0.4, 0.5) is 0 Å². The number of hydrogen-bond acceptors (Lipinski definition) is 2. The second kappa shape index (κ2) is 18.5. The maximum absolute atomic E-state index is 10.8. The third-order valence-corrected chi connectivity index (χ3v) is 3.47. The summed E-state index contributed by atoms with van der Waals surface area (Å²) in [6.45, 7) is 2.24. The molecule has 23 heavy (non-hydrogen) atoms. The van der Waals surface area contributed by atoms with Gasteiger partial charge in [0, 0.05) is 6.08 Å². The second-order valence-electron chi connectivity index (χ2n) is 5.59. The van der Waals surface area contributed by atoms with E-state index in [0.717, 1.165) is 38.5 Å². The van der Waals surface area contributed by atoms with Crippen LogP contribution in [0, 0.1) is 0 Å². The van der Waals surface area contributed by atoms with Crippen LogP contribution in [-0.4, -0.2) is 13.1 Å². The molecule has 0 rings (SSSR count). The van der Waals surface area contributed by atoms with E-state index in [0.29, 0.717) is 0 Å². The van der Waals surface area contributed by atoms with Crippen molar-refractivity contribution in [3.8, 4) is 0 Å². The van der Waals surface area contributed by atoms with Gasteiger partial charge in [0.1, 0.15) is 0 Å². The van der Waals surface area contributed by atoms with E-state index in [1.165, 1.54) is 38.9 Å². The average Bonchev–Trinajstić information content (AvgIpc) is 2.57. The van der Waals surface area contributed by atoms with Crippen LogP contribution in [0.15, 0.2) is 48.6 Å². The van der Waals surface area contributed by atoms with Crippen LogP contribution < -0.4 is 0 Å². The van der Waals surface area contributed by atoms with Crippen LogP contribution in [0.3, 0.4) is 0 Å². The van der Waals surface area contributed by atoms with Gasteiger partial charge in [0.05, 0.1) is 7.11 Å². The summed E-state index contributed by atoms with van der Waals surface area (Å²) in [6, 6.07) is 0. The first-order valence-corrected chi connectivity index (χ1v) is 9.00. The van der Waals surface area contributed by atoms with E-state index in [2.05, 4.69) is 48.1 Å².